The number of rotatable bonds is 6. The van der Waals surface area contributed by atoms with Crippen molar-refractivity contribution in [3.8, 4) is 0 Å². The number of hydrogen-bond donors (Lipinski definition) is 3. The molecule has 156 valence electrons. The lowest BCUT2D eigenvalue weighted by Gasteiger charge is -2.20. The van der Waals surface area contributed by atoms with Crippen LogP contribution in [0.15, 0.2) is 47.4 Å². The minimum absolute atomic E-state index is 0.0318. The molecular weight excluding hydrogens is 390 g/mol. The van der Waals surface area contributed by atoms with Crippen LogP contribution in [0.1, 0.15) is 54.0 Å². The van der Waals surface area contributed by atoms with Crippen molar-refractivity contribution in [1.29, 1.82) is 0 Å². The zero-order chi connectivity index (χ0) is 21.8. The van der Waals surface area contributed by atoms with Crippen molar-refractivity contribution in [3.05, 3.63) is 59.2 Å². The molecule has 2 amide bonds. The topological polar surface area (TPSA) is 104 Å². The van der Waals surface area contributed by atoms with E-state index in [1.807, 2.05) is 20.8 Å². The zero-order valence-electron chi connectivity index (χ0n) is 17.3. The van der Waals surface area contributed by atoms with Crippen LogP contribution < -0.4 is 15.4 Å². The van der Waals surface area contributed by atoms with Crippen molar-refractivity contribution >= 4 is 27.5 Å². The minimum atomic E-state index is -3.66. The van der Waals surface area contributed by atoms with E-state index in [9.17, 15) is 18.0 Å². The lowest BCUT2D eigenvalue weighted by molar-refractivity contribution is 0.0919. The molecule has 2 rings (SSSR count). The zero-order valence-corrected chi connectivity index (χ0v) is 18.1. The maximum atomic E-state index is 12.7. The summed E-state index contributed by atoms with van der Waals surface area (Å²) < 4.78 is 26.8. The maximum Gasteiger partial charge on any atom is 0.255 e. The monoisotopic (exact) mass is 417 g/mol. The first-order valence-corrected chi connectivity index (χ1v) is 10.8. The van der Waals surface area contributed by atoms with Crippen molar-refractivity contribution in [1.82, 2.24) is 10.0 Å². The summed E-state index contributed by atoms with van der Waals surface area (Å²) in [5.74, 6) is -0.629. The molecule has 0 saturated heterocycles. The van der Waals surface area contributed by atoms with Crippen molar-refractivity contribution in [2.75, 3.05) is 11.9 Å². The second kappa shape index (κ2) is 8.75. The van der Waals surface area contributed by atoms with Gasteiger partial charge in [-0.25, -0.2) is 13.1 Å². The van der Waals surface area contributed by atoms with Crippen molar-refractivity contribution < 1.29 is 18.0 Å². The van der Waals surface area contributed by atoms with Crippen LogP contribution in [0.4, 0.5) is 5.69 Å². The molecule has 29 heavy (non-hydrogen) atoms. The summed E-state index contributed by atoms with van der Waals surface area (Å²) in [5, 5.41) is 5.61. The first-order chi connectivity index (χ1) is 13.4. The van der Waals surface area contributed by atoms with E-state index in [1.165, 1.54) is 12.1 Å². The van der Waals surface area contributed by atoms with Gasteiger partial charge in [0.05, 0.1) is 4.90 Å². The number of sulfonamides is 1. The summed E-state index contributed by atoms with van der Waals surface area (Å²) in [7, 11) is -3.66. The molecule has 0 bridgehead atoms. The van der Waals surface area contributed by atoms with Gasteiger partial charge in [-0.3, -0.25) is 9.59 Å². The average Bonchev–Trinajstić information content (AvgIpc) is 2.61. The van der Waals surface area contributed by atoms with Crippen molar-refractivity contribution in [2.45, 2.75) is 45.1 Å². The van der Waals surface area contributed by atoms with E-state index < -0.39 is 15.9 Å². The van der Waals surface area contributed by atoms with Crippen LogP contribution in [-0.2, 0) is 10.0 Å². The predicted octanol–water partition coefficient (Wildman–Crippen LogP) is 3.07. The fourth-order valence-corrected chi connectivity index (χ4v) is 3.67. The molecule has 0 unspecified atom stereocenters. The van der Waals surface area contributed by atoms with E-state index >= 15 is 0 Å². The first kappa shape index (κ1) is 22.6. The molecule has 3 N–H and O–H groups in total. The van der Waals surface area contributed by atoms with Crippen LogP contribution >= 0.6 is 0 Å². The fraction of sp³-hybridized carbons (Fsp3) is 0.333. The Kier molecular flexibility index (Phi) is 6.81. The van der Waals surface area contributed by atoms with Gasteiger partial charge in [0, 0.05) is 28.9 Å². The highest BCUT2D eigenvalue weighted by Crippen LogP contribution is 2.18. The summed E-state index contributed by atoms with van der Waals surface area (Å²) in [6.45, 7) is 9.36. The van der Waals surface area contributed by atoms with Gasteiger partial charge >= 0.3 is 0 Å². The molecule has 0 spiro atoms. The van der Waals surface area contributed by atoms with Gasteiger partial charge in [-0.2, -0.15) is 0 Å². The molecule has 0 heterocycles. The second-order valence-corrected chi connectivity index (χ2v) is 9.48. The second-order valence-electron chi connectivity index (χ2n) is 7.71. The van der Waals surface area contributed by atoms with Crippen LogP contribution in [0.3, 0.4) is 0 Å². The van der Waals surface area contributed by atoms with E-state index in [0.717, 1.165) is 0 Å². The fourth-order valence-electron chi connectivity index (χ4n) is 2.60. The molecule has 0 aromatic heterocycles. The number of amides is 2. The molecule has 0 aliphatic rings. The number of aryl methyl sites for hydroxylation is 1. The highest BCUT2D eigenvalue weighted by atomic mass is 32.2. The van der Waals surface area contributed by atoms with Crippen molar-refractivity contribution in [2.24, 2.45) is 0 Å². The Morgan fingerprint density at radius 2 is 1.59 bits per heavy atom. The SMILES string of the molecule is CCNS(=O)(=O)c1ccc(C)c(C(=O)Nc2ccc(C(=O)NC(C)(C)C)cc2)c1. The number of anilines is 1. The summed E-state index contributed by atoms with van der Waals surface area (Å²) in [5.41, 5.74) is 1.55. The molecule has 0 aliphatic heterocycles. The molecule has 0 radical (unpaired) electrons. The van der Waals surface area contributed by atoms with Gasteiger partial charge in [-0.1, -0.05) is 13.0 Å². The Morgan fingerprint density at radius 1 is 0.966 bits per heavy atom. The van der Waals surface area contributed by atoms with Crippen LogP contribution in [0.2, 0.25) is 0 Å². The van der Waals surface area contributed by atoms with E-state index in [2.05, 4.69) is 15.4 Å². The van der Waals surface area contributed by atoms with E-state index in [-0.39, 0.29) is 28.4 Å². The van der Waals surface area contributed by atoms with Gasteiger partial charge in [0.25, 0.3) is 11.8 Å². The largest absolute Gasteiger partial charge is 0.347 e. The molecule has 2 aromatic carbocycles. The van der Waals surface area contributed by atoms with Gasteiger partial charge in [0.1, 0.15) is 0 Å². The quantitative estimate of drug-likeness (QED) is 0.672. The van der Waals surface area contributed by atoms with E-state index in [0.29, 0.717) is 16.8 Å². The highest BCUT2D eigenvalue weighted by Gasteiger charge is 2.18. The van der Waals surface area contributed by atoms with Gasteiger partial charge in [0.2, 0.25) is 10.0 Å². The lowest BCUT2D eigenvalue weighted by Crippen LogP contribution is -2.40. The third-order valence-corrected chi connectivity index (χ3v) is 5.54. The summed E-state index contributed by atoms with van der Waals surface area (Å²) in [6.07, 6.45) is 0. The Morgan fingerprint density at radius 3 is 2.14 bits per heavy atom. The van der Waals surface area contributed by atoms with Gasteiger partial charge in [0.15, 0.2) is 0 Å². The van der Waals surface area contributed by atoms with Crippen LogP contribution in [-0.4, -0.2) is 32.3 Å². The molecule has 7 nitrogen and oxygen atoms in total. The summed E-state index contributed by atoms with van der Waals surface area (Å²) in [4.78, 5) is 24.9. The van der Waals surface area contributed by atoms with Gasteiger partial charge in [-0.05, 0) is 69.7 Å². The van der Waals surface area contributed by atoms with Gasteiger partial charge in [-0.15, -0.1) is 0 Å². The molecule has 8 heteroatoms. The molecule has 0 saturated carbocycles. The number of hydrogen-bond acceptors (Lipinski definition) is 4. The number of carbonyl (C=O) groups excluding carboxylic acids is 2. The third-order valence-electron chi connectivity index (χ3n) is 3.99. The van der Waals surface area contributed by atoms with E-state index in [1.54, 1.807) is 44.2 Å². The average molecular weight is 418 g/mol. The molecule has 0 fully saturated rings. The lowest BCUT2D eigenvalue weighted by atomic mass is 10.1. The predicted molar refractivity (Wildman–Crippen MR) is 114 cm³/mol. The molecule has 2 aromatic rings. The first-order valence-electron chi connectivity index (χ1n) is 9.27. The minimum Gasteiger partial charge on any atom is -0.347 e. The molecule has 0 atom stereocenters. The van der Waals surface area contributed by atoms with E-state index in [4.69, 9.17) is 0 Å². The standard InChI is InChI=1S/C21H27N3O4S/c1-6-22-29(27,28)17-12-7-14(2)18(13-17)20(26)23-16-10-8-15(9-11-16)19(25)24-21(3,4)5/h7-13,22H,6H2,1-5H3,(H,23,26)(H,24,25). The number of benzene rings is 2. The summed E-state index contributed by atoms with van der Waals surface area (Å²) in [6, 6.07) is 10.9. The highest BCUT2D eigenvalue weighted by molar-refractivity contribution is 7.89. The Bertz CT molecular complexity index is 1010. The summed E-state index contributed by atoms with van der Waals surface area (Å²) >= 11 is 0. The van der Waals surface area contributed by atoms with Crippen molar-refractivity contribution in [3.63, 3.8) is 0 Å². The van der Waals surface area contributed by atoms with Crippen LogP contribution in [0.25, 0.3) is 0 Å². The Labute approximate surface area is 172 Å². The van der Waals surface area contributed by atoms with Crippen LogP contribution in [0.5, 0.6) is 0 Å². The third kappa shape index (κ3) is 6.13. The number of nitrogens with one attached hydrogen (secondary N) is 3. The Hall–Kier alpha value is -2.71. The maximum absolute atomic E-state index is 12.7. The van der Waals surface area contributed by atoms with Crippen LogP contribution in [0, 0.1) is 6.92 Å². The van der Waals surface area contributed by atoms with Gasteiger partial charge < -0.3 is 10.6 Å². The smallest absolute Gasteiger partial charge is 0.255 e. The number of carbonyl (C=O) groups is 2. The molecule has 0 aliphatic carbocycles. The Balaban J connectivity index is 2.19. The molecular formula is C21H27N3O4S. The normalized spacial score (nSPS) is 11.8.